The number of likely N-dealkylation sites (tertiary alicyclic amines) is 1. The van der Waals surface area contributed by atoms with Crippen LogP contribution in [0, 0.1) is 12.8 Å². The summed E-state index contributed by atoms with van der Waals surface area (Å²) in [6.07, 6.45) is 2.94. The Hall–Kier alpha value is -2.28. The van der Waals surface area contributed by atoms with Crippen molar-refractivity contribution in [2.24, 2.45) is 5.92 Å². The highest BCUT2D eigenvalue weighted by atomic mass is 16.3. The van der Waals surface area contributed by atoms with Crippen molar-refractivity contribution in [2.45, 2.75) is 63.3 Å². The van der Waals surface area contributed by atoms with Gasteiger partial charge in [0.15, 0.2) is 5.60 Å². The van der Waals surface area contributed by atoms with E-state index in [-0.39, 0.29) is 17.9 Å². The second-order valence-electron chi connectivity index (χ2n) is 9.09. The van der Waals surface area contributed by atoms with Crippen molar-refractivity contribution in [1.29, 1.82) is 0 Å². The molecule has 3 N–H and O–H groups in total. The van der Waals surface area contributed by atoms with Gasteiger partial charge in [-0.25, -0.2) is 0 Å². The molecule has 2 aromatic rings. The molecule has 1 aromatic carbocycles. The SMILES string of the molecule is Cc1cccc(CN2CCC(NC(=O)[C@](O)(c3ccccc3)C3CC[C@H](O)C3)CC2)n1. The first-order chi connectivity index (χ1) is 14.9. The number of aryl methyl sites for hydroxylation is 1. The van der Waals surface area contributed by atoms with E-state index in [2.05, 4.69) is 21.3 Å². The Kier molecular flexibility index (Phi) is 6.70. The van der Waals surface area contributed by atoms with Gasteiger partial charge in [-0.1, -0.05) is 36.4 Å². The van der Waals surface area contributed by atoms with Crippen molar-refractivity contribution in [3.63, 3.8) is 0 Å². The molecule has 2 heterocycles. The number of carbonyl (C=O) groups excluding carboxylic acids is 1. The summed E-state index contributed by atoms with van der Waals surface area (Å²) in [5, 5.41) is 24.8. The van der Waals surface area contributed by atoms with Gasteiger partial charge in [0.2, 0.25) is 0 Å². The van der Waals surface area contributed by atoms with Gasteiger partial charge in [-0.15, -0.1) is 0 Å². The number of aliphatic hydroxyl groups is 2. The highest BCUT2D eigenvalue weighted by Gasteiger charge is 2.48. The molecule has 0 bridgehead atoms. The normalized spacial score (nSPS) is 24.6. The van der Waals surface area contributed by atoms with Crippen LogP contribution < -0.4 is 5.32 Å². The monoisotopic (exact) mass is 423 g/mol. The minimum atomic E-state index is -1.61. The molecule has 4 rings (SSSR count). The Labute approximate surface area is 184 Å². The zero-order valence-electron chi connectivity index (χ0n) is 18.2. The molecule has 2 fully saturated rings. The lowest BCUT2D eigenvalue weighted by atomic mass is 9.79. The fourth-order valence-corrected chi connectivity index (χ4v) is 5.03. The number of piperidine rings is 1. The van der Waals surface area contributed by atoms with Crippen LogP contribution in [0.25, 0.3) is 0 Å². The van der Waals surface area contributed by atoms with E-state index in [1.54, 1.807) is 0 Å². The van der Waals surface area contributed by atoms with Gasteiger partial charge in [-0.2, -0.15) is 0 Å². The van der Waals surface area contributed by atoms with Gasteiger partial charge in [0, 0.05) is 37.3 Å². The lowest BCUT2D eigenvalue weighted by Gasteiger charge is -2.37. The van der Waals surface area contributed by atoms with Crippen molar-refractivity contribution in [2.75, 3.05) is 13.1 Å². The van der Waals surface area contributed by atoms with Crippen LogP contribution in [0.2, 0.25) is 0 Å². The number of aromatic nitrogens is 1. The molecule has 6 heteroatoms. The smallest absolute Gasteiger partial charge is 0.257 e. The molecule has 3 atom stereocenters. The molecular formula is C25H33N3O3. The Bertz CT molecular complexity index is 883. The first kappa shape index (κ1) is 21.9. The van der Waals surface area contributed by atoms with Crippen molar-refractivity contribution >= 4 is 5.91 Å². The van der Waals surface area contributed by atoms with Crippen molar-refractivity contribution in [3.8, 4) is 0 Å². The van der Waals surface area contributed by atoms with Gasteiger partial charge in [-0.3, -0.25) is 14.7 Å². The van der Waals surface area contributed by atoms with Gasteiger partial charge in [0.05, 0.1) is 11.8 Å². The molecule has 31 heavy (non-hydrogen) atoms. The van der Waals surface area contributed by atoms with Crippen LogP contribution in [0.1, 0.15) is 49.1 Å². The molecule has 166 valence electrons. The molecule has 1 amide bonds. The Morgan fingerprint density at radius 1 is 1.10 bits per heavy atom. The standard InChI is InChI=1S/C25H33N3O3/c1-18-6-5-9-22(26-18)17-28-14-12-21(13-15-28)27-24(30)25(31,19-7-3-2-4-8-19)20-10-11-23(29)16-20/h2-9,20-21,23,29,31H,10-17H2,1H3,(H,27,30)/t20?,23-,25-/m0/s1. The largest absolute Gasteiger partial charge is 0.393 e. The van der Waals surface area contributed by atoms with Crippen LogP contribution in [0.4, 0.5) is 0 Å². The summed E-state index contributed by atoms with van der Waals surface area (Å²) in [6.45, 7) is 4.58. The summed E-state index contributed by atoms with van der Waals surface area (Å²) in [4.78, 5) is 20.3. The maximum absolute atomic E-state index is 13.4. The molecule has 1 aliphatic heterocycles. The average Bonchev–Trinajstić information content (AvgIpc) is 3.22. The molecule has 1 saturated carbocycles. The topological polar surface area (TPSA) is 85.7 Å². The number of aliphatic hydroxyl groups excluding tert-OH is 1. The number of nitrogens with zero attached hydrogens (tertiary/aromatic N) is 2. The zero-order chi connectivity index (χ0) is 21.8. The number of hydrogen-bond acceptors (Lipinski definition) is 5. The summed E-state index contributed by atoms with van der Waals surface area (Å²) in [5.74, 6) is -0.617. The number of nitrogens with one attached hydrogen (secondary N) is 1. The minimum Gasteiger partial charge on any atom is -0.393 e. The van der Waals surface area contributed by atoms with Crippen LogP contribution in [-0.2, 0) is 16.9 Å². The van der Waals surface area contributed by atoms with Gasteiger partial charge >= 0.3 is 0 Å². The lowest BCUT2D eigenvalue weighted by molar-refractivity contribution is -0.149. The van der Waals surface area contributed by atoms with Gasteiger partial charge in [-0.05, 0) is 56.7 Å². The number of pyridine rings is 1. The minimum absolute atomic E-state index is 0.0378. The van der Waals surface area contributed by atoms with Gasteiger partial charge < -0.3 is 15.5 Å². The molecule has 0 spiro atoms. The highest BCUT2D eigenvalue weighted by molar-refractivity contribution is 5.87. The third-order valence-corrected chi connectivity index (χ3v) is 6.81. The molecular weight excluding hydrogens is 390 g/mol. The van der Waals surface area contributed by atoms with Crippen LogP contribution in [-0.4, -0.2) is 51.2 Å². The summed E-state index contributed by atoms with van der Waals surface area (Å²) < 4.78 is 0. The molecule has 1 unspecified atom stereocenters. The maximum Gasteiger partial charge on any atom is 0.257 e. The fraction of sp³-hybridized carbons (Fsp3) is 0.520. The van der Waals surface area contributed by atoms with E-state index in [0.29, 0.717) is 24.8 Å². The molecule has 1 saturated heterocycles. The van der Waals surface area contributed by atoms with Crippen LogP contribution in [0.5, 0.6) is 0 Å². The number of amides is 1. The predicted octanol–water partition coefficient (Wildman–Crippen LogP) is 2.52. The van der Waals surface area contributed by atoms with E-state index in [0.717, 1.165) is 43.9 Å². The maximum atomic E-state index is 13.4. The lowest BCUT2D eigenvalue weighted by Crippen LogP contribution is -2.54. The molecule has 6 nitrogen and oxygen atoms in total. The van der Waals surface area contributed by atoms with E-state index in [1.165, 1.54) is 0 Å². The fourth-order valence-electron chi connectivity index (χ4n) is 5.03. The van der Waals surface area contributed by atoms with E-state index in [1.807, 2.05) is 49.4 Å². The third-order valence-electron chi connectivity index (χ3n) is 6.81. The summed E-state index contributed by atoms with van der Waals surface area (Å²) >= 11 is 0. The Morgan fingerprint density at radius 2 is 1.84 bits per heavy atom. The summed E-state index contributed by atoms with van der Waals surface area (Å²) in [6, 6.07) is 15.3. The van der Waals surface area contributed by atoms with Crippen LogP contribution in [0.15, 0.2) is 48.5 Å². The van der Waals surface area contributed by atoms with Crippen LogP contribution >= 0.6 is 0 Å². The Balaban J connectivity index is 1.39. The van der Waals surface area contributed by atoms with Gasteiger partial charge in [0.25, 0.3) is 5.91 Å². The van der Waals surface area contributed by atoms with E-state index in [4.69, 9.17) is 0 Å². The first-order valence-electron chi connectivity index (χ1n) is 11.4. The average molecular weight is 424 g/mol. The van der Waals surface area contributed by atoms with E-state index in [9.17, 15) is 15.0 Å². The quantitative estimate of drug-likeness (QED) is 0.665. The van der Waals surface area contributed by atoms with E-state index < -0.39 is 11.7 Å². The predicted molar refractivity (Wildman–Crippen MR) is 119 cm³/mol. The first-order valence-corrected chi connectivity index (χ1v) is 11.4. The zero-order valence-corrected chi connectivity index (χ0v) is 18.2. The molecule has 1 aliphatic carbocycles. The van der Waals surface area contributed by atoms with Crippen molar-refractivity contribution in [3.05, 3.63) is 65.5 Å². The number of benzene rings is 1. The van der Waals surface area contributed by atoms with Crippen molar-refractivity contribution < 1.29 is 15.0 Å². The number of hydrogen-bond donors (Lipinski definition) is 3. The molecule has 2 aliphatic rings. The highest BCUT2D eigenvalue weighted by Crippen LogP contribution is 2.41. The third kappa shape index (κ3) is 4.97. The van der Waals surface area contributed by atoms with Crippen molar-refractivity contribution in [1.82, 2.24) is 15.2 Å². The molecule has 0 radical (unpaired) electrons. The number of rotatable bonds is 6. The second-order valence-corrected chi connectivity index (χ2v) is 9.09. The van der Waals surface area contributed by atoms with Crippen LogP contribution in [0.3, 0.4) is 0 Å². The second kappa shape index (κ2) is 9.47. The molecule has 1 aromatic heterocycles. The van der Waals surface area contributed by atoms with Gasteiger partial charge in [0.1, 0.15) is 0 Å². The summed E-state index contributed by atoms with van der Waals surface area (Å²) in [5.41, 5.74) is 1.09. The number of carbonyl (C=O) groups is 1. The summed E-state index contributed by atoms with van der Waals surface area (Å²) in [7, 11) is 0. The van der Waals surface area contributed by atoms with E-state index >= 15 is 0 Å². The Morgan fingerprint density at radius 3 is 2.48 bits per heavy atom.